The van der Waals surface area contributed by atoms with Crippen LogP contribution in [0.3, 0.4) is 0 Å². The molecule has 1 saturated carbocycles. The van der Waals surface area contributed by atoms with Gasteiger partial charge >= 0.3 is 0 Å². The molecule has 0 spiro atoms. The molecule has 1 heterocycles. The van der Waals surface area contributed by atoms with Crippen LogP contribution in [0.2, 0.25) is 5.02 Å². The van der Waals surface area contributed by atoms with Crippen molar-refractivity contribution in [3.8, 4) is 0 Å². The van der Waals surface area contributed by atoms with Crippen LogP contribution in [0, 0.1) is 12.8 Å². The molecule has 33 heavy (non-hydrogen) atoms. The number of halogens is 1. The van der Waals surface area contributed by atoms with Crippen molar-refractivity contribution in [1.82, 2.24) is 10.2 Å². The number of aliphatic imine (C=N–C) groups is 1. The van der Waals surface area contributed by atoms with Gasteiger partial charge in [-0.2, -0.15) is 0 Å². The molecule has 0 aromatic heterocycles. The number of nitrogens with zero attached hydrogens (tertiary/aromatic N) is 3. The van der Waals surface area contributed by atoms with Crippen LogP contribution in [-0.2, 0) is 4.79 Å². The van der Waals surface area contributed by atoms with Crippen molar-refractivity contribution in [2.45, 2.75) is 65.5 Å². The third-order valence-corrected chi connectivity index (χ3v) is 7.47. The summed E-state index contributed by atoms with van der Waals surface area (Å²) in [6, 6.07) is 5.25. The molecule has 1 unspecified atom stereocenters. The van der Waals surface area contributed by atoms with Gasteiger partial charge in [0.05, 0.1) is 5.92 Å². The summed E-state index contributed by atoms with van der Waals surface area (Å²) in [6.45, 7) is 13.9. The lowest BCUT2D eigenvalue weighted by Gasteiger charge is -2.40. The van der Waals surface area contributed by atoms with Crippen molar-refractivity contribution < 1.29 is 4.79 Å². The maximum absolute atomic E-state index is 12.4. The first kappa shape index (κ1) is 25.5. The van der Waals surface area contributed by atoms with Gasteiger partial charge in [-0.3, -0.25) is 4.79 Å². The quantitative estimate of drug-likeness (QED) is 0.547. The molecule has 5 nitrogen and oxygen atoms in total. The Hall–Kier alpha value is -2.11. The van der Waals surface area contributed by atoms with Crippen LogP contribution in [0.25, 0.3) is 5.70 Å². The van der Waals surface area contributed by atoms with Crippen LogP contribution in [-0.4, -0.2) is 55.8 Å². The van der Waals surface area contributed by atoms with Gasteiger partial charge in [0.1, 0.15) is 0 Å². The van der Waals surface area contributed by atoms with Crippen molar-refractivity contribution in [3.05, 3.63) is 46.5 Å². The van der Waals surface area contributed by atoms with Gasteiger partial charge in [0.2, 0.25) is 0 Å². The molecule has 3 rings (SSSR count). The highest BCUT2D eigenvalue weighted by molar-refractivity contribution is 6.31. The first-order chi connectivity index (χ1) is 15.6. The fourth-order valence-electron chi connectivity index (χ4n) is 5.27. The molecule has 1 fully saturated rings. The molecule has 6 heteroatoms. The van der Waals surface area contributed by atoms with E-state index in [0.29, 0.717) is 23.7 Å². The zero-order chi connectivity index (χ0) is 24.3. The van der Waals surface area contributed by atoms with Crippen molar-refractivity contribution in [2.24, 2.45) is 10.9 Å². The predicted octanol–water partition coefficient (Wildman–Crippen LogP) is 5.47. The van der Waals surface area contributed by atoms with E-state index in [0.717, 1.165) is 29.1 Å². The molecule has 2 aliphatic rings. The van der Waals surface area contributed by atoms with E-state index in [-0.39, 0.29) is 11.8 Å². The fourth-order valence-corrected chi connectivity index (χ4v) is 5.48. The van der Waals surface area contributed by atoms with Crippen LogP contribution in [0.5, 0.6) is 0 Å². The molecule has 0 saturated heterocycles. The summed E-state index contributed by atoms with van der Waals surface area (Å²) in [5.41, 5.74) is 5.94. The minimum atomic E-state index is -0.261. The molecule has 1 aliphatic carbocycles. The molecular formula is C27H39ClN4O. The van der Waals surface area contributed by atoms with Gasteiger partial charge in [-0.1, -0.05) is 23.8 Å². The van der Waals surface area contributed by atoms with E-state index in [4.69, 9.17) is 11.6 Å². The Morgan fingerprint density at radius 3 is 2.36 bits per heavy atom. The highest BCUT2D eigenvalue weighted by atomic mass is 35.5. The van der Waals surface area contributed by atoms with Crippen LogP contribution in [0.4, 0.5) is 5.69 Å². The first-order valence-corrected chi connectivity index (χ1v) is 12.4. The normalized spacial score (nSPS) is 23.3. The number of nitrogens with one attached hydrogen (secondary N) is 1. The Morgan fingerprint density at radius 1 is 1.15 bits per heavy atom. The Kier molecular flexibility index (Phi) is 8.41. The van der Waals surface area contributed by atoms with Gasteiger partial charge in [0.25, 0.3) is 5.91 Å². The average molecular weight is 471 g/mol. The van der Waals surface area contributed by atoms with Crippen molar-refractivity contribution in [2.75, 3.05) is 32.1 Å². The summed E-state index contributed by atoms with van der Waals surface area (Å²) in [7, 11) is 4.36. The highest BCUT2D eigenvalue weighted by Gasteiger charge is 2.28. The lowest BCUT2D eigenvalue weighted by Crippen LogP contribution is -2.42. The van der Waals surface area contributed by atoms with Gasteiger partial charge < -0.3 is 15.1 Å². The lowest BCUT2D eigenvalue weighted by atomic mass is 9.88. The van der Waals surface area contributed by atoms with E-state index in [2.05, 4.69) is 60.7 Å². The largest absolute Gasteiger partial charge is 0.384 e. The van der Waals surface area contributed by atoms with E-state index in [1.54, 1.807) is 0 Å². The second-order valence-electron chi connectivity index (χ2n) is 9.70. The summed E-state index contributed by atoms with van der Waals surface area (Å²) in [5, 5.41) is 4.09. The molecule has 1 aliphatic heterocycles. The maximum Gasteiger partial charge on any atom is 0.254 e. The number of dihydropyridines is 1. The van der Waals surface area contributed by atoms with Gasteiger partial charge in [0, 0.05) is 52.9 Å². The van der Waals surface area contributed by atoms with Gasteiger partial charge in [0.15, 0.2) is 0 Å². The third kappa shape index (κ3) is 5.88. The summed E-state index contributed by atoms with van der Waals surface area (Å²) >= 11 is 6.60. The Morgan fingerprint density at radius 2 is 1.79 bits per heavy atom. The number of hydrogen-bond acceptors (Lipinski definition) is 4. The first-order valence-electron chi connectivity index (χ1n) is 12.1. The minimum absolute atomic E-state index is 0.0956. The standard InChI is InChI=1S/C27H39ClN4O/c1-8-32(23-11-9-22(10-12-23)31(6)7)26-15-21(28)14-24(19(26)4)20(5)29-16-25-17(2)13-18(3)30-27(25)33/h13-15,22-23,25,29H,5,8-12,16H2,1-4,6-7H3. The number of hydrogen-bond donors (Lipinski definition) is 1. The molecule has 180 valence electrons. The molecule has 1 atom stereocenters. The van der Waals surface area contributed by atoms with E-state index >= 15 is 0 Å². The molecule has 1 N–H and O–H groups in total. The number of amides is 1. The topological polar surface area (TPSA) is 47.9 Å². The zero-order valence-electron chi connectivity index (χ0n) is 21.0. The number of benzene rings is 1. The second kappa shape index (κ2) is 10.9. The van der Waals surface area contributed by atoms with Crippen LogP contribution in [0.15, 0.2) is 35.4 Å². The Bertz CT molecular complexity index is 957. The van der Waals surface area contributed by atoms with Gasteiger partial charge in [-0.25, -0.2) is 4.99 Å². The van der Waals surface area contributed by atoms with E-state index in [1.165, 1.54) is 36.9 Å². The van der Waals surface area contributed by atoms with Crippen LogP contribution in [0.1, 0.15) is 57.6 Å². The lowest BCUT2D eigenvalue weighted by molar-refractivity contribution is -0.120. The SMILES string of the molecule is C=C(NCC1C(=O)N=C(C)C=C1C)c1cc(Cl)cc(N(CC)C2CCC(N(C)C)CC2)c1C. The highest BCUT2D eigenvalue weighted by Crippen LogP contribution is 2.35. The number of rotatable bonds is 8. The number of anilines is 1. The average Bonchev–Trinajstić information content (AvgIpc) is 2.75. The summed E-state index contributed by atoms with van der Waals surface area (Å²) in [5.74, 6) is -0.356. The van der Waals surface area contributed by atoms with E-state index in [9.17, 15) is 4.79 Å². The molecule has 1 amide bonds. The summed E-state index contributed by atoms with van der Waals surface area (Å²) < 4.78 is 0. The van der Waals surface area contributed by atoms with Gasteiger partial charge in [-0.05, 0) is 91.2 Å². The zero-order valence-corrected chi connectivity index (χ0v) is 21.8. The number of allylic oxidation sites excluding steroid dienone is 1. The van der Waals surface area contributed by atoms with Crippen molar-refractivity contribution in [1.29, 1.82) is 0 Å². The molecule has 1 aromatic rings. The predicted molar refractivity (Wildman–Crippen MR) is 141 cm³/mol. The van der Waals surface area contributed by atoms with Gasteiger partial charge in [-0.15, -0.1) is 0 Å². The third-order valence-electron chi connectivity index (χ3n) is 7.25. The second-order valence-corrected chi connectivity index (χ2v) is 10.1. The van der Waals surface area contributed by atoms with Crippen molar-refractivity contribution >= 4 is 34.6 Å². The van der Waals surface area contributed by atoms with E-state index in [1.807, 2.05) is 26.0 Å². The number of carbonyl (C=O) groups is 1. The molecular weight excluding hydrogens is 432 g/mol. The summed E-state index contributed by atoms with van der Waals surface area (Å²) in [6.07, 6.45) is 6.79. The van der Waals surface area contributed by atoms with E-state index < -0.39 is 0 Å². The monoisotopic (exact) mass is 470 g/mol. The Labute approximate surface area is 204 Å². The molecule has 1 aromatic carbocycles. The Balaban J connectivity index is 1.76. The maximum atomic E-state index is 12.4. The van der Waals surface area contributed by atoms with Crippen molar-refractivity contribution in [3.63, 3.8) is 0 Å². The smallest absolute Gasteiger partial charge is 0.254 e. The molecule has 0 bridgehead atoms. The number of carbonyl (C=O) groups excluding carboxylic acids is 1. The van der Waals surface area contributed by atoms with Crippen LogP contribution < -0.4 is 10.2 Å². The molecule has 0 radical (unpaired) electrons. The van der Waals surface area contributed by atoms with Crippen LogP contribution >= 0.6 is 11.6 Å². The summed E-state index contributed by atoms with van der Waals surface area (Å²) in [4.78, 5) is 21.4. The minimum Gasteiger partial charge on any atom is -0.384 e. The fraction of sp³-hybridized carbons (Fsp3) is 0.556.